The van der Waals surface area contributed by atoms with E-state index in [1.165, 1.54) is 0 Å². The second kappa shape index (κ2) is 5.53. The monoisotopic (exact) mass is 302 g/mol. The van der Waals surface area contributed by atoms with Crippen LogP contribution in [0.25, 0.3) is 0 Å². The van der Waals surface area contributed by atoms with Crippen LogP contribution in [0.2, 0.25) is 0 Å². The molecule has 0 unspecified atom stereocenters. The van der Waals surface area contributed by atoms with Gasteiger partial charge in [0.2, 0.25) is 5.89 Å². The van der Waals surface area contributed by atoms with Crippen LogP contribution in [-0.2, 0) is 6.54 Å². The largest absolute Gasteiger partial charge is 0.346 e. The van der Waals surface area contributed by atoms with Gasteiger partial charge in [0.25, 0.3) is 11.7 Å². The van der Waals surface area contributed by atoms with Crippen LogP contribution in [0.3, 0.4) is 0 Å². The van der Waals surface area contributed by atoms with Gasteiger partial charge in [-0.25, -0.2) is 0 Å². The third-order valence-electron chi connectivity index (χ3n) is 4.14. The Balaban J connectivity index is 1.45. The maximum absolute atomic E-state index is 11.9. The van der Waals surface area contributed by atoms with Gasteiger partial charge in [0, 0.05) is 24.5 Å². The first-order valence-electron chi connectivity index (χ1n) is 7.66. The molecule has 2 N–H and O–H groups in total. The van der Waals surface area contributed by atoms with Gasteiger partial charge in [-0.1, -0.05) is 5.16 Å². The number of aromatic nitrogens is 4. The third-order valence-corrected chi connectivity index (χ3v) is 4.14. The quantitative estimate of drug-likeness (QED) is 0.855. The lowest BCUT2D eigenvalue weighted by atomic mass is 10.2. The summed E-state index contributed by atoms with van der Waals surface area (Å²) in [7, 11) is 0. The highest BCUT2D eigenvalue weighted by atomic mass is 16.5. The van der Waals surface area contributed by atoms with Crippen molar-refractivity contribution in [2.75, 3.05) is 6.54 Å². The Morgan fingerprint density at radius 2 is 2.36 bits per heavy atom. The van der Waals surface area contributed by atoms with E-state index in [4.69, 9.17) is 4.52 Å². The molecule has 4 rings (SSSR count). The molecule has 0 spiro atoms. The van der Waals surface area contributed by atoms with Crippen LogP contribution in [0, 0.1) is 0 Å². The topological polar surface area (TPSA) is 99.9 Å². The van der Waals surface area contributed by atoms with E-state index in [-0.39, 0.29) is 23.8 Å². The minimum Gasteiger partial charge on any atom is -0.346 e. The lowest BCUT2D eigenvalue weighted by Crippen LogP contribution is -2.27. The summed E-state index contributed by atoms with van der Waals surface area (Å²) < 4.78 is 5.33. The zero-order chi connectivity index (χ0) is 14.9. The van der Waals surface area contributed by atoms with Gasteiger partial charge >= 0.3 is 0 Å². The van der Waals surface area contributed by atoms with Gasteiger partial charge in [0.1, 0.15) is 0 Å². The van der Waals surface area contributed by atoms with Gasteiger partial charge in [-0.15, -0.1) is 0 Å². The van der Waals surface area contributed by atoms with E-state index in [2.05, 4.69) is 30.6 Å². The molecule has 0 bridgehead atoms. The molecule has 8 heteroatoms. The Kier molecular flexibility index (Phi) is 3.38. The van der Waals surface area contributed by atoms with Gasteiger partial charge < -0.3 is 9.84 Å². The number of nitrogens with one attached hydrogen (secondary N) is 2. The highest BCUT2D eigenvalue weighted by Gasteiger charge is 2.32. The smallest absolute Gasteiger partial charge is 0.292 e. The Hall–Kier alpha value is -2.22. The Labute approximate surface area is 127 Å². The summed E-state index contributed by atoms with van der Waals surface area (Å²) in [5, 5.41) is 13.6. The molecule has 0 aromatic carbocycles. The average Bonchev–Trinajstić information content (AvgIpc) is 2.98. The van der Waals surface area contributed by atoms with Crippen LogP contribution in [0.5, 0.6) is 0 Å². The molecule has 3 heterocycles. The minimum atomic E-state index is -0.240. The maximum Gasteiger partial charge on any atom is 0.292 e. The van der Waals surface area contributed by atoms with E-state index in [9.17, 15) is 4.79 Å². The Bertz CT molecular complexity index is 648. The third kappa shape index (κ3) is 2.74. The number of likely N-dealkylation sites (tertiary alicyclic amines) is 1. The van der Waals surface area contributed by atoms with Crippen LogP contribution in [0.15, 0.2) is 16.8 Å². The summed E-state index contributed by atoms with van der Waals surface area (Å²) in [6.45, 7) is 1.73. The van der Waals surface area contributed by atoms with E-state index in [1.807, 2.05) is 6.07 Å². The SMILES string of the molecule is O=C(NC1CC1)c1noc([C@H]2CCCN2Cc2ccn[nH]2)n1. The van der Waals surface area contributed by atoms with E-state index in [0.717, 1.165) is 44.5 Å². The number of nitrogens with zero attached hydrogens (tertiary/aromatic N) is 4. The van der Waals surface area contributed by atoms with Crippen LogP contribution in [0.4, 0.5) is 0 Å². The molecule has 22 heavy (non-hydrogen) atoms. The molecule has 1 aliphatic heterocycles. The van der Waals surface area contributed by atoms with Crippen molar-refractivity contribution in [2.24, 2.45) is 0 Å². The van der Waals surface area contributed by atoms with Crippen molar-refractivity contribution in [2.45, 2.75) is 44.3 Å². The minimum absolute atomic E-state index is 0.0678. The number of carbonyl (C=O) groups excluding carboxylic acids is 1. The summed E-state index contributed by atoms with van der Waals surface area (Å²) in [4.78, 5) is 18.5. The van der Waals surface area contributed by atoms with Crippen LogP contribution >= 0.6 is 0 Å². The standard InChI is InChI=1S/C14H18N6O2/c21-13(16-9-3-4-9)12-17-14(22-19-12)11-2-1-7-20(11)8-10-5-6-15-18-10/h5-6,9,11H,1-4,7-8H2,(H,15,18)(H,16,21)/t11-/m1/s1. The molecule has 2 aromatic heterocycles. The normalized spacial score (nSPS) is 22.1. The molecule has 2 aliphatic rings. The molecule has 116 valence electrons. The first-order chi connectivity index (χ1) is 10.8. The maximum atomic E-state index is 11.9. The zero-order valence-corrected chi connectivity index (χ0v) is 12.2. The van der Waals surface area contributed by atoms with Crippen LogP contribution in [-0.4, -0.2) is 43.7 Å². The van der Waals surface area contributed by atoms with E-state index >= 15 is 0 Å². The fourth-order valence-corrected chi connectivity index (χ4v) is 2.83. The molecular weight excluding hydrogens is 284 g/mol. The predicted octanol–water partition coefficient (Wildman–Crippen LogP) is 1.02. The predicted molar refractivity (Wildman–Crippen MR) is 75.8 cm³/mol. The van der Waals surface area contributed by atoms with Gasteiger partial charge in [0.05, 0.1) is 6.04 Å². The molecule has 1 amide bonds. The van der Waals surface area contributed by atoms with Gasteiger partial charge in [-0.3, -0.25) is 14.8 Å². The molecule has 2 aromatic rings. The van der Waals surface area contributed by atoms with Crippen molar-refractivity contribution in [3.8, 4) is 0 Å². The van der Waals surface area contributed by atoms with Crippen LogP contribution in [0.1, 0.15) is 53.9 Å². The molecule has 0 radical (unpaired) electrons. The Morgan fingerprint density at radius 1 is 1.45 bits per heavy atom. The fourth-order valence-electron chi connectivity index (χ4n) is 2.83. The number of hydrogen-bond acceptors (Lipinski definition) is 6. The van der Waals surface area contributed by atoms with E-state index in [1.54, 1.807) is 6.20 Å². The van der Waals surface area contributed by atoms with Crippen molar-refractivity contribution < 1.29 is 9.32 Å². The van der Waals surface area contributed by atoms with Gasteiger partial charge in [-0.05, 0) is 38.3 Å². The number of aromatic amines is 1. The number of rotatable bonds is 5. The Morgan fingerprint density at radius 3 is 3.14 bits per heavy atom. The second-order valence-electron chi connectivity index (χ2n) is 5.91. The number of amides is 1. The molecule has 1 aliphatic carbocycles. The first kappa shape index (κ1) is 13.4. The van der Waals surface area contributed by atoms with Crippen molar-refractivity contribution in [3.05, 3.63) is 29.7 Å². The molecule has 1 atom stereocenters. The summed E-state index contributed by atoms with van der Waals surface area (Å²) in [6, 6.07) is 2.31. The van der Waals surface area contributed by atoms with Gasteiger partial charge in [-0.2, -0.15) is 10.1 Å². The fraction of sp³-hybridized carbons (Fsp3) is 0.571. The highest BCUT2D eigenvalue weighted by Crippen LogP contribution is 2.32. The highest BCUT2D eigenvalue weighted by molar-refractivity contribution is 5.90. The average molecular weight is 302 g/mol. The van der Waals surface area contributed by atoms with Crippen molar-refractivity contribution in [3.63, 3.8) is 0 Å². The number of H-pyrrole nitrogens is 1. The number of hydrogen-bond donors (Lipinski definition) is 2. The molecule has 2 fully saturated rings. The molecular formula is C14H18N6O2. The van der Waals surface area contributed by atoms with Crippen molar-refractivity contribution in [1.82, 2.24) is 30.6 Å². The summed E-state index contributed by atoms with van der Waals surface area (Å²) in [6.07, 6.45) is 5.85. The molecule has 1 saturated carbocycles. The number of carbonyl (C=O) groups is 1. The van der Waals surface area contributed by atoms with E-state index < -0.39 is 0 Å². The molecule has 1 saturated heterocycles. The zero-order valence-electron chi connectivity index (χ0n) is 12.2. The van der Waals surface area contributed by atoms with Crippen molar-refractivity contribution in [1.29, 1.82) is 0 Å². The second-order valence-corrected chi connectivity index (χ2v) is 5.91. The van der Waals surface area contributed by atoms with Crippen LogP contribution < -0.4 is 5.32 Å². The van der Waals surface area contributed by atoms with E-state index in [0.29, 0.717) is 5.89 Å². The lowest BCUT2D eigenvalue weighted by Gasteiger charge is -2.20. The summed E-state index contributed by atoms with van der Waals surface area (Å²) in [5.74, 6) is 0.420. The summed E-state index contributed by atoms with van der Waals surface area (Å²) in [5.41, 5.74) is 1.05. The first-order valence-corrected chi connectivity index (χ1v) is 7.66. The van der Waals surface area contributed by atoms with Crippen molar-refractivity contribution >= 4 is 5.91 Å². The van der Waals surface area contributed by atoms with Gasteiger partial charge in [0.15, 0.2) is 0 Å². The molecule has 8 nitrogen and oxygen atoms in total. The summed E-state index contributed by atoms with van der Waals surface area (Å²) >= 11 is 0. The lowest BCUT2D eigenvalue weighted by molar-refractivity contribution is 0.0937.